The van der Waals surface area contributed by atoms with E-state index in [4.69, 9.17) is 0 Å². The van der Waals surface area contributed by atoms with Gasteiger partial charge in [-0.15, -0.1) is 11.8 Å². The number of nitrogens with one attached hydrogen (secondary N) is 1. The van der Waals surface area contributed by atoms with Crippen molar-refractivity contribution in [1.82, 2.24) is 0 Å². The second-order valence-electron chi connectivity index (χ2n) is 4.92. The van der Waals surface area contributed by atoms with E-state index < -0.39 is 4.92 Å². The van der Waals surface area contributed by atoms with Gasteiger partial charge in [0.2, 0.25) is 0 Å². The van der Waals surface area contributed by atoms with Gasteiger partial charge in [-0.3, -0.25) is 14.9 Å². The lowest BCUT2D eigenvalue weighted by Crippen LogP contribution is -2.13. The fourth-order valence-electron chi connectivity index (χ4n) is 1.91. The Bertz CT molecular complexity index is 701. The summed E-state index contributed by atoms with van der Waals surface area (Å²) in [6.07, 6.45) is 0. The van der Waals surface area contributed by atoms with E-state index in [0.29, 0.717) is 16.5 Å². The van der Waals surface area contributed by atoms with Crippen LogP contribution in [0.5, 0.6) is 0 Å². The minimum atomic E-state index is -0.488. The minimum Gasteiger partial charge on any atom is -0.322 e. The SMILES string of the molecule is CC(C)Sc1ccccc1C(=O)Nc1cccc([N+](=O)[O-])c1. The first-order valence-corrected chi connectivity index (χ1v) is 7.67. The van der Waals surface area contributed by atoms with Crippen LogP contribution < -0.4 is 5.32 Å². The van der Waals surface area contributed by atoms with Gasteiger partial charge in [0.05, 0.1) is 10.5 Å². The molecule has 2 rings (SSSR count). The molecule has 5 nitrogen and oxygen atoms in total. The Balaban J connectivity index is 2.22. The van der Waals surface area contributed by atoms with Crippen molar-refractivity contribution in [2.75, 3.05) is 5.32 Å². The molecule has 0 spiro atoms. The van der Waals surface area contributed by atoms with Crippen molar-refractivity contribution in [3.05, 3.63) is 64.2 Å². The summed E-state index contributed by atoms with van der Waals surface area (Å²) < 4.78 is 0. The topological polar surface area (TPSA) is 72.2 Å². The van der Waals surface area contributed by atoms with Crippen molar-refractivity contribution in [2.24, 2.45) is 0 Å². The number of rotatable bonds is 5. The molecule has 0 radical (unpaired) electrons. The molecule has 0 atom stereocenters. The summed E-state index contributed by atoms with van der Waals surface area (Å²) in [6.45, 7) is 4.11. The highest BCUT2D eigenvalue weighted by molar-refractivity contribution is 8.00. The summed E-state index contributed by atoms with van der Waals surface area (Å²) in [5.41, 5.74) is 0.916. The molecule has 22 heavy (non-hydrogen) atoms. The van der Waals surface area contributed by atoms with Crippen LogP contribution in [0.15, 0.2) is 53.4 Å². The van der Waals surface area contributed by atoms with E-state index in [-0.39, 0.29) is 11.6 Å². The van der Waals surface area contributed by atoms with Crippen LogP contribution in [0.25, 0.3) is 0 Å². The second kappa shape index (κ2) is 7.09. The number of amides is 1. The quantitative estimate of drug-likeness (QED) is 0.506. The number of non-ortho nitro benzene ring substituents is 1. The van der Waals surface area contributed by atoms with E-state index in [1.165, 1.54) is 12.1 Å². The maximum absolute atomic E-state index is 12.4. The van der Waals surface area contributed by atoms with E-state index in [2.05, 4.69) is 19.2 Å². The maximum Gasteiger partial charge on any atom is 0.271 e. The largest absolute Gasteiger partial charge is 0.322 e. The number of nitrogens with zero attached hydrogens (tertiary/aromatic N) is 1. The molecular weight excluding hydrogens is 300 g/mol. The van der Waals surface area contributed by atoms with Crippen molar-refractivity contribution in [2.45, 2.75) is 24.0 Å². The molecule has 1 N–H and O–H groups in total. The zero-order valence-electron chi connectivity index (χ0n) is 12.3. The summed E-state index contributed by atoms with van der Waals surface area (Å²) in [5, 5.41) is 13.8. The van der Waals surface area contributed by atoms with Gasteiger partial charge in [0.1, 0.15) is 0 Å². The van der Waals surface area contributed by atoms with Gasteiger partial charge in [-0.25, -0.2) is 0 Å². The Hall–Kier alpha value is -2.34. The van der Waals surface area contributed by atoms with E-state index in [0.717, 1.165) is 4.90 Å². The molecule has 1 amide bonds. The molecule has 0 aliphatic carbocycles. The van der Waals surface area contributed by atoms with E-state index in [1.54, 1.807) is 36.0 Å². The summed E-state index contributed by atoms with van der Waals surface area (Å²) in [7, 11) is 0. The van der Waals surface area contributed by atoms with Gasteiger partial charge in [0.25, 0.3) is 11.6 Å². The van der Waals surface area contributed by atoms with E-state index in [9.17, 15) is 14.9 Å². The van der Waals surface area contributed by atoms with Crippen LogP contribution in [0.2, 0.25) is 0 Å². The molecule has 0 saturated carbocycles. The van der Waals surface area contributed by atoms with Crippen molar-refractivity contribution in [3.8, 4) is 0 Å². The van der Waals surface area contributed by atoms with Crippen molar-refractivity contribution >= 4 is 29.0 Å². The molecule has 0 heterocycles. The highest BCUT2D eigenvalue weighted by Gasteiger charge is 2.14. The average Bonchev–Trinajstić information content (AvgIpc) is 2.47. The van der Waals surface area contributed by atoms with Gasteiger partial charge in [0, 0.05) is 28.0 Å². The Morgan fingerprint density at radius 3 is 2.59 bits per heavy atom. The minimum absolute atomic E-state index is 0.0531. The van der Waals surface area contributed by atoms with Crippen LogP contribution in [0, 0.1) is 10.1 Å². The number of thioether (sulfide) groups is 1. The number of benzene rings is 2. The summed E-state index contributed by atoms with van der Waals surface area (Å²) in [4.78, 5) is 23.6. The van der Waals surface area contributed by atoms with Crippen LogP contribution >= 0.6 is 11.8 Å². The molecule has 6 heteroatoms. The van der Waals surface area contributed by atoms with E-state index in [1.807, 2.05) is 12.1 Å². The first-order valence-electron chi connectivity index (χ1n) is 6.79. The summed E-state index contributed by atoms with van der Waals surface area (Å²) in [5.74, 6) is -0.274. The molecule has 0 bridgehead atoms. The maximum atomic E-state index is 12.4. The second-order valence-corrected chi connectivity index (χ2v) is 6.54. The van der Waals surface area contributed by atoms with Gasteiger partial charge >= 0.3 is 0 Å². The van der Waals surface area contributed by atoms with Crippen LogP contribution in [0.1, 0.15) is 24.2 Å². The number of hydrogen-bond donors (Lipinski definition) is 1. The number of carbonyl (C=O) groups is 1. The molecule has 0 aromatic heterocycles. The first-order chi connectivity index (χ1) is 10.5. The molecule has 0 unspecified atom stereocenters. The lowest BCUT2D eigenvalue weighted by atomic mass is 10.2. The van der Waals surface area contributed by atoms with Crippen molar-refractivity contribution < 1.29 is 9.72 Å². The van der Waals surface area contributed by atoms with Crippen molar-refractivity contribution in [1.29, 1.82) is 0 Å². The predicted molar refractivity (Wildman–Crippen MR) is 88.5 cm³/mol. The number of nitro benzene ring substituents is 1. The third-order valence-corrected chi connectivity index (χ3v) is 3.89. The lowest BCUT2D eigenvalue weighted by molar-refractivity contribution is -0.384. The van der Waals surface area contributed by atoms with Gasteiger partial charge in [-0.2, -0.15) is 0 Å². The smallest absolute Gasteiger partial charge is 0.271 e. The molecular formula is C16H16N2O3S. The highest BCUT2D eigenvalue weighted by Crippen LogP contribution is 2.27. The molecule has 2 aromatic carbocycles. The third kappa shape index (κ3) is 4.08. The van der Waals surface area contributed by atoms with Crippen LogP contribution in [-0.2, 0) is 0 Å². The van der Waals surface area contributed by atoms with Gasteiger partial charge in [-0.05, 0) is 18.2 Å². The number of carbonyl (C=O) groups excluding carboxylic acids is 1. The van der Waals surface area contributed by atoms with Gasteiger partial charge in [0.15, 0.2) is 0 Å². The zero-order chi connectivity index (χ0) is 16.1. The molecule has 0 aliphatic heterocycles. The van der Waals surface area contributed by atoms with Gasteiger partial charge < -0.3 is 5.32 Å². The molecule has 2 aromatic rings. The Morgan fingerprint density at radius 2 is 1.91 bits per heavy atom. The monoisotopic (exact) mass is 316 g/mol. The zero-order valence-corrected chi connectivity index (χ0v) is 13.1. The lowest BCUT2D eigenvalue weighted by Gasteiger charge is -2.11. The molecule has 0 saturated heterocycles. The van der Waals surface area contributed by atoms with Crippen LogP contribution in [-0.4, -0.2) is 16.1 Å². The third-order valence-electron chi connectivity index (χ3n) is 2.81. The Labute approximate surface area is 132 Å². The average molecular weight is 316 g/mol. The fourth-order valence-corrected chi connectivity index (χ4v) is 2.86. The summed E-state index contributed by atoms with van der Waals surface area (Å²) in [6, 6.07) is 13.2. The summed E-state index contributed by atoms with van der Waals surface area (Å²) >= 11 is 1.60. The highest BCUT2D eigenvalue weighted by atomic mass is 32.2. The molecule has 0 aliphatic rings. The number of hydrogen-bond acceptors (Lipinski definition) is 4. The van der Waals surface area contributed by atoms with Crippen LogP contribution in [0.4, 0.5) is 11.4 Å². The molecule has 114 valence electrons. The first kappa shape index (κ1) is 16.0. The van der Waals surface area contributed by atoms with Crippen molar-refractivity contribution in [3.63, 3.8) is 0 Å². The van der Waals surface area contributed by atoms with Crippen LogP contribution in [0.3, 0.4) is 0 Å². The number of nitro groups is 1. The Morgan fingerprint density at radius 1 is 1.18 bits per heavy atom. The standard InChI is InChI=1S/C16H16N2O3S/c1-11(2)22-15-9-4-3-8-14(15)16(19)17-12-6-5-7-13(10-12)18(20)21/h3-11H,1-2H3,(H,17,19). The van der Waals surface area contributed by atoms with Gasteiger partial charge in [-0.1, -0.05) is 32.0 Å². The molecule has 0 fully saturated rings. The fraction of sp³-hybridized carbons (Fsp3) is 0.188. The van der Waals surface area contributed by atoms with E-state index >= 15 is 0 Å². The Kier molecular flexibility index (Phi) is 5.16. The normalized spacial score (nSPS) is 10.5. The number of anilines is 1. The predicted octanol–water partition coefficient (Wildman–Crippen LogP) is 4.35.